The van der Waals surface area contributed by atoms with Gasteiger partial charge in [-0.1, -0.05) is 18.2 Å². The lowest BCUT2D eigenvalue weighted by Crippen LogP contribution is -2.16. The van der Waals surface area contributed by atoms with Crippen LogP contribution in [0.2, 0.25) is 0 Å². The van der Waals surface area contributed by atoms with E-state index in [2.05, 4.69) is 4.98 Å². The van der Waals surface area contributed by atoms with Crippen molar-refractivity contribution in [1.29, 1.82) is 0 Å². The molecule has 0 aliphatic carbocycles. The van der Waals surface area contributed by atoms with Gasteiger partial charge in [0.15, 0.2) is 0 Å². The second kappa shape index (κ2) is 4.51. The van der Waals surface area contributed by atoms with Crippen LogP contribution >= 0.6 is 0 Å². The fourth-order valence-corrected chi connectivity index (χ4v) is 2.40. The number of imidazole rings is 1. The van der Waals surface area contributed by atoms with Crippen LogP contribution in [0, 0.1) is 6.92 Å². The third-order valence-electron chi connectivity index (χ3n) is 3.27. The molecule has 3 rings (SSSR count). The number of para-hydroxylation sites is 1. The van der Waals surface area contributed by atoms with E-state index in [1.807, 2.05) is 13.0 Å². The molecule has 0 aliphatic heterocycles. The number of hydrogen-bond donors (Lipinski definition) is 1. The number of nitrogens with zero attached hydrogens (tertiary/aromatic N) is 1. The molecule has 0 spiro atoms. The van der Waals surface area contributed by atoms with Gasteiger partial charge in [-0.15, -0.1) is 0 Å². The highest BCUT2D eigenvalue weighted by Crippen LogP contribution is 2.34. The SMILES string of the molecule is Cc1cccc(-n2c(=O)[nH]c3cccc(C(F)(F)F)c32)c1. The Morgan fingerprint density at radius 1 is 1.10 bits per heavy atom. The van der Waals surface area contributed by atoms with Gasteiger partial charge >= 0.3 is 11.9 Å². The molecule has 1 heterocycles. The monoisotopic (exact) mass is 292 g/mol. The quantitative estimate of drug-likeness (QED) is 0.730. The van der Waals surface area contributed by atoms with Gasteiger partial charge in [-0.05, 0) is 36.8 Å². The molecule has 0 radical (unpaired) electrons. The molecule has 1 N–H and O–H groups in total. The van der Waals surface area contributed by atoms with Gasteiger partial charge in [0, 0.05) is 0 Å². The van der Waals surface area contributed by atoms with Crippen LogP contribution in [0.4, 0.5) is 13.2 Å². The molecule has 108 valence electrons. The molecule has 0 amide bonds. The van der Waals surface area contributed by atoms with Crippen molar-refractivity contribution < 1.29 is 13.2 Å². The summed E-state index contributed by atoms with van der Waals surface area (Å²) in [4.78, 5) is 14.5. The van der Waals surface area contributed by atoms with Crippen LogP contribution in [-0.2, 0) is 6.18 Å². The molecule has 0 fully saturated rings. The van der Waals surface area contributed by atoms with Crippen molar-refractivity contribution in [2.24, 2.45) is 0 Å². The first-order chi connectivity index (χ1) is 9.88. The van der Waals surface area contributed by atoms with Crippen molar-refractivity contribution in [3.8, 4) is 5.69 Å². The summed E-state index contributed by atoms with van der Waals surface area (Å²) >= 11 is 0. The van der Waals surface area contributed by atoms with Crippen LogP contribution in [0.15, 0.2) is 47.3 Å². The number of nitrogens with one attached hydrogen (secondary N) is 1. The van der Waals surface area contributed by atoms with E-state index in [1.165, 1.54) is 12.1 Å². The fourth-order valence-electron chi connectivity index (χ4n) is 2.40. The normalized spacial score (nSPS) is 12.0. The molecule has 0 bridgehead atoms. The van der Waals surface area contributed by atoms with E-state index >= 15 is 0 Å². The van der Waals surface area contributed by atoms with Crippen LogP contribution in [0.1, 0.15) is 11.1 Å². The number of alkyl halides is 3. The van der Waals surface area contributed by atoms with Gasteiger partial charge in [-0.25, -0.2) is 4.79 Å². The largest absolute Gasteiger partial charge is 0.418 e. The standard InChI is InChI=1S/C15H11F3N2O/c1-9-4-2-5-10(8-9)20-13-11(15(16,17)18)6-3-7-12(13)19-14(20)21/h2-8H,1H3,(H,19,21). The molecule has 21 heavy (non-hydrogen) atoms. The van der Waals surface area contributed by atoms with Crippen molar-refractivity contribution in [3.05, 3.63) is 64.1 Å². The lowest BCUT2D eigenvalue weighted by Gasteiger charge is -2.11. The molecule has 0 atom stereocenters. The lowest BCUT2D eigenvalue weighted by molar-refractivity contribution is -0.136. The zero-order valence-electron chi connectivity index (χ0n) is 11.0. The summed E-state index contributed by atoms with van der Waals surface area (Å²) < 4.78 is 40.6. The molecule has 0 unspecified atom stereocenters. The van der Waals surface area contributed by atoms with E-state index in [9.17, 15) is 18.0 Å². The van der Waals surface area contributed by atoms with Crippen molar-refractivity contribution in [2.75, 3.05) is 0 Å². The Morgan fingerprint density at radius 2 is 1.81 bits per heavy atom. The van der Waals surface area contributed by atoms with E-state index in [0.717, 1.165) is 16.2 Å². The maximum atomic E-state index is 13.2. The van der Waals surface area contributed by atoms with Gasteiger partial charge in [0.05, 0.1) is 22.3 Å². The molecule has 0 saturated heterocycles. The average molecular weight is 292 g/mol. The highest BCUT2D eigenvalue weighted by Gasteiger charge is 2.34. The van der Waals surface area contributed by atoms with Gasteiger partial charge in [-0.2, -0.15) is 13.2 Å². The number of aromatic amines is 1. The number of hydrogen-bond acceptors (Lipinski definition) is 1. The van der Waals surface area contributed by atoms with Crippen molar-refractivity contribution in [3.63, 3.8) is 0 Å². The minimum absolute atomic E-state index is 0.152. The van der Waals surface area contributed by atoms with Crippen LogP contribution in [0.5, 0.6) is 0 Å². The third-order valence-corrected chi connectivity index (χ3v) is 3.27. The lowest BCUT2D eigenvalue weighted by atomic mass is 10.1. The fraction of sp³-hybridized carbons (Fsp3) is 0.133. The van der Waals surface area contributed by atoms with Crippen LogP contribution in [-0.4, -0.2) is 9.55 Å². The van der Waals surface area contributed by atoms with Gasteiger partial charge in [0.25, 0.3) is 0 Å². The number of aryl methyl sites for hydroxylation is 1. The number of halogens is 3. The number of fused-ring (bicyclic) bond motifs is 1. The smallest absolute Gasteiger partial charge is 0.305 e. The molecule has 3 nitrogen and oxygen atoms in total. The Labute approximate surface area is 117 Å². The second-order valence-electron chi connectivity index (χ2n) is 4.80. The van der Waals surface area contributed by atoms with Crippen molar-refractivity contribution in [2.45, 2.75) is 13.1 Å². The Morgan fingerprint density at radius 3 is 2.48 bits per heavy atom. The summed E-state index contributed by atoms with van der Waals surface area (Å²) in [6.07, 6.45) is -4.53. The van der Waals surface area contributed by atoms with Crippen LogP contribution in [0.3, 0.4) is 0 Å². The van der Waals surface area contributed by atoms with Crippen LogP contribution in [0.25, 0.3) is 16.7 Å². The maximum Gasteiger partial charge on any atom is 0.418 e. The molecule has 6 heteroatoms. The van der Waals surface area contributed by atoms with Gasteiger partial charge < -0.3 is 4.98 Å². The maximum absolute atomic E-state index is 13.2. The molecule has 1 aromatic heterocycles. The summed E-state index contributed by atoms with van der Waals surface area (Å²) in [6.45, 7) is 1.81. The number of H-pyrrole nitrogens is 1. The van der Waals surface area contributed by atoms with Gasteiger partial charge in [0.1, 0.15) is 0 Å². The second-order valence-corrected chi connectivity index (χ2v) is 4.80. The Balaban J connectivity index is 2.43. The highest BCUT2D eigenvalue weighted by molar-refractivity contribution is 5.81. The summed E-state index contributed by atoms with van der Waals surface area (Å²) in [7, 11) is 0. The molecule has 0 aliphatic rings. The summed E-state index contributed by atoms with van der Waals surface area (Å²) in [5, 5.41) is 0. The number of aromatic nitrogens is 2. The van der Waals surface area contributed by atoms with E-state index in [0.29, 0.717) is 5.69 Å². The molecule has 2 aromatic carbocycles. The molecular weight excluding hydrogens is 281 g/mol. The van der Waals surface area contributed by atoms with Gasteiger partial charge in [0.2, 0.25) is 0 Å². The van der Waals surface area contributed by atoms with E-state index in [1.54, 1.807) is 18.2 Å². The predicted molar refractivity (Wildman–Crippen MR) is 73.6 cm³/mol. The van der Waals surface area contributed by atoms with E-state index in [4.69, 9.17) is 0 Å². The Hall–Kier alpha value is -2.50. The van der Waals surface area contributed by atoms with Crippen molar-refractivity contribution >= 4 is 11.0 Å². The van der Waals surface area contributed by atoms with Gasteiger partial charge in [-0.3, -0.25) is 4.57 Å². The first-order valence-corrected chi connectivity index (χ1v) is 6.26. The zero-order chi connectivity index (χ0) is 15.2. The number of rotatable bonds is 1. The minimum atomic E-state index is -4.53. The highest BCUT2D eigenvalue weighted by atomic mass is 19.4. The summed E-state index contributed by atoms with van der Waals surface area (Å²) in [5.41, 5.74) is -0.148. The van der Waals surface area contributed by atoms with Crippen LogP contribution < -0.4 is 5.69 Å². The first-order valence-electron chi connectivity index (χ1n) is 6.26. The number of benzene rings is 2. The first kappa shape index (κ1) is 13.5. The summed E-state index contributed by atoms with van der Waals surface area (Å²) in [6, 6.07) is 10.5. The zero-order valence-corrected chi connectivity index (χ0v) is 11.0. The topological polar surface area (TPSA) is 37.8 Å². The van der Waals surface area contributed by atoms with E-state index < -0.39 is 17.4 Å². The third kappa shape index (κ3) is 2.22. The summed E-state index contributed by atoms with van der Waals surface area (Å²) in [5.74, 6) is 0. The predicted octanol–water partition coefficient (Wildman–Crippen LogP) is 3.65. The average Bonchev–Trinajstić information content (AvgIpc) is 2.73. The minimum Gasteiger partial charge on any atom is -0.305 e. The molecule has 0 saturated carbocycles. The molecular formula is C15H11F3N2O. The Bertz CT molecular complexity index is 874. The molecule has 3 aromatic rings. The Kier molecular flexibility index (Phi) is 2.90. The van der Waals surface area contributed by atoms with Crippen molar-refractivity contribution in [1.82, 2.24) is 9.55 Å². The van der Waals surface area contributed by atoms with E-state index in [-0.39, 0.29) is 11.0 Å².